The third kappa shape index (κ3) is 2.99. The summed E-state index contributed by atoms with van der Waals surface area (Å²) in [7, 11) is 2.06. The zero-order valence-corrected chi connectivity index (χ0v) is 11.4. The van der Waals surface area contributed by atoms with Crippen LogP contribution in [0.3, 0.4) is 0 Å². The summed E-state index contributed by atoms with van der Waals surface area (Å²) in [4.78, 5) is 1.49. The Kier molecular flexibility index (Phi) is 4.68. The van der Waals surface area contributed by atoms with Crippen molar-refractivity contribution in [2.45, 2.75) is 38.0 Å². The second-order valence-corrected chi connectivity index (χ2v) is 6.45. The lowest BCUT2D eigenvalue weighted by molar-refractivity contribution is 0.390. The molecule has 1 aliphatic carbocycles. The van der Waals surface area contributed by atoms with Crippen molar-refractivity contribution in [2.75, 3.05) is 13.6 Å². The van der Waals surface area contributed by atoms with Crippen molar-refractivity contribution in [2.24, 2.45) is 5.92 Å². The molecule has 2 rings (SSSR count). The van der Waals surface area contributed by atoms with E-state index < -0.39 is 0 Å². The van der Waals surface area contributed by atoms with Crippen LogP contribution in [0.1, 0.15) is 42.9 Å². The fraction of sp³-hybridized carbons (Fsp3) is 0.692. The Bertz CT molecular complexity index is 323. The molecule has 1 fully saturated rings. The molecule has 3 heteroatoms. The van der Waals surface area contributed by atoms with Gasteiger partial charge < -0.3 is 5.32 Å². The molecular formula is C13H20ClNS. The van der Waals surface area contributed by atoms with Gasteiger partial charge >= 0.3 is 0 Å². The first-order valence-corrected chi connectivity index (χ1v) is 7.40. The predicted octanol–water partition coefficient (Wildman–Crippen LogP) is 4.28. The minimum atomic E-state index is 0.729. The van der Waals surface area contributed by atoms with Gasteiger partial charge in [0.15, 0.2) is 0 Å². The molecule has 16 heavy (non-hydrogen) atoms. The predicted molar refractivity (Wildman–Crippen MR) is 72.6 cm³/mol. The second-order valence-electron chi connectivity index (χ2n) is 4.70. The normalized spacial score (nSPS) is 26.6. The first-order valence-electron chi connectivity index (χ1n) is 6.21. The van der Waals surface area contributed by atoms with Crippen LogP contribution in [0.15, 0.2) is 12.1 Å². The van der Waals surface area contributed by atoms with Gasteiger partial charge in [-0.15, -0.1) is 11.3 Å². The van der Waals surface area contributed by atoms with Gasteiger partial charge in [-0.25, -0.2) is 0 Å². The summed E-state index contributed by atoms with van der Waals surface area (Å²) in [5.41, 5.74) is 0. The summed E-state index contributed by atoms with van der Waals surface area (Å²) < 4.78 is 0.933. The number of thiophene rings is 1. The van der Waals surface area contributed by atoms with Crippen molar-refractivity contribution in [1.29, 1.82) is 0 Å². The van der Waals surface area contributed by atoms with Gasteiger partial charge in [0.2, 0.25) is 0 Å². The maximum atomic E-state index is 6.05. The summed E-state index contributed by atoms with van der Waals surface area (Å²) in [6, 6.07) is 4.27. The van der Waals surface area contributed by atoms with E-state index in [0.717, 1.165) is 22.7 Å². The molecule has 1 heterocycles. The van der Waals surface area contributed by atoms with E-state index in [0.29, 0.717) is 0 Å². The summed E-state index contributed by atoms with van der Waals surface area (Å²) in [5, 5.41) is 3.34. The quantitative estimate of drug-likeness (QED) is 0.797. The van der Waals surface area contributed by atoms with Gasteiger partial charge in [0.05, 0.1) is 4.34 Å². The fourth-order valence-corrected chi connectivity index (χ4v) is 4.08. The Morgan fingerprint density at radius 3 is 2.81 bits per heavy atom. The van der Waals surface area contributed by atoms with E-state index >= 15 is 0 Å². The van der Waals surface area contributed by atoms with Crippen molar-refractivity contribution in [3.63, 3.8) is 0 Å². The van der Waals surface area contributed by atoms with Gasteiger partial charge in [0.25, 0.3) is 0 Å². The average molecular weight is 258 g/mol. The minimum absolute atomic E-state index is 0.729. The summed E-state index contributed by atoms with van der Waals surface area (Å²) in [6.07, 6.45) is 6.86. The Hall–Kier alpha value is -0.0500. The van der Waals surface area contributed by atoms with E-state index in [-0.39, 0.29) is 0 Å². The number of rotatable bonds is 3. The van der Waals surface area contributed by atoms with Gasteiger partial charge in [-0.1, -0.05) is 30.9 Å². The molecule has 2 unspecified atom stereocenters. The molecule has 1 aromatic heterocycles. The lowest BCUT2D eigenvalue weighted by atomic mass is 9.86. The van der Waals surface area contributed by atoms with Crippen LogP contribution in [0.2, 0.25) is 4.34 Å². The molecule has 0 bridgehead atoms. The Morgan fingerprint density at radius 1 is 1.31 bits per heavy atom. The third-order valence-corrected chi connectivity index (χ3v) is 4.95. The summed E-state index contributed by atoms with van der Waals surface area (Å²) in [6.45, 7) is 1.14. The highest BCUT2D eigenvalue weighted by atomic mass is 35.5. The molecule has 90 valence electrons. The SMILES string of the molecule is CNCC1CCCCCC1c1ccc(Cl)s1. The molecule has 0 aromatic carbocycles. The number of hydrogen-bond acceptors (Lipinski definition) is 2. The van der Waals surface area contributed by atoms with Crippen molar-refractivity contribution in [1.82, 2.24) is 5.32 Å². The zero-order chi connectivity index (χ0) is 11.4. The largest absolute Gasteiger partial charge is 0.319 e. The van der Waals surface area contributed by atoms with E-state index in [9.17, 15) is 0 Å². The number of halogens is 1. The molecule has 1 saturated carbocycles. The number of nitrogens with one attached hydrogen (secondary N) is 1. The van der Waals surface area contributed by atoms with E-state index in [2.05, 4.69) is 18.4 Å². The van der Waals surface area contributed by atoms with Crippen LogP contribution in [-0.2, 0) is 0 Å². The summed E-state index contributed by atoms with van der Waals surface area (Å²) in [5.74, 6) is 1.52. The van der Waals surface area contributed by atoms with Crippen LogP contribution in [-0.4, -0.2) is 13.6 Å². The maximum absolute atomic E-state index is 6.05. The monoisotopic (exact) mass is 257 g/mol. The summed E-state index contributed by atoms with van der Waals surface area (Å²) >= 11 is 7.82. The topological polar surface area (TPSA) is 12.0 Å². The van der Waals surface area contributed by atoms with Gasteiger partial charge in [0.1, 0.15) is 0 Å². The minimum Gasteiger partial charge on any atom is -0.319 e. The van der Waals surface area contributed by atoms with E-state index in [4.69, 9.17) is 11.6 Å². The van der Waals surface area contributed by atoms with Gasteiger partial charge in [0, 0.05) is 4.88 Å². The van der Waals surface area contributed by atoms with Crippen molar-refractivity contribution < 1.29 is 0 Å². The van der Waals surface area contributed by atoms with Crippen LogP contribution in [0.25, 0.3) is 0 Å². The Labute approximate surface area is 107 Å². The Balaban J connectivity index is 2.13. The van der Waals surface area contributed by atoms with Crippen molar-refractivity contribution in [3.05, 3.63) is 21.3 Å². The Morgan fingerprint density at radius 2 is 2.12 bits per heavy atom. The average Bonchev–Trinajstić information content (AvgIpc) is 2.56. The van der Waals surface area contributed by atoms with Crippen molar-refractivity contribution >= 4 is 22.9 Å². The smallest absolute Gasteiger partial charge is 0.0931 e. The van der Waals surface area contributed by atoms with E-state index in [1.807, 2.05) is 6.07 Å². The van der Waals surface area contributed by atoms with Crippen LogP contribution in [0, 0.1) is 5.92 Å². The highest BCUT2D eigenvalue weighted by Gasteiger charge is 2.25. The second kappa shape index (κ2) is 6.04. The van der Waals surface area contributed by atoms with E-state index in [1.54, 1.807) is 11.3 Å². The van der Waals surface area contributed by atoms with Crippen LogP contribution in [0.5, 0.6) is 0 Å². The number of hydrogen-bond donors (Lipinski definition) is 1. The fourth-order valence-electron chi connectivity index (χ4n) is 2.79. The van der Waals surface area contributed by atoms with Gasteiger partial charge in [-0.3, -0.25) is 0 Å². The first kappa shape index (κ1) is 12.4. The van der Waals surface area contributed by atoms with Gasteiger partial charge in [-0.2, -0.15) is 0 Å². The molecule has 0 spiro atoms. The molecule has 0 saturated heterocycles. The molecule has 0 amide bonds. The molecule has 1 aliphatic rings. The lowest BCUT2D eigenvalue weighted by Gasteiger charge is -2.23. The standard InChI is InChI=1S/C13H20ClNS/c1-15-9-10-5-3-2-4-6-11(10)12-7-8-13(14)16-12/h7-8,10-11,15H,2-6,9H2,1H3. The first-order chi connectivity index (χ1) is 7.81. The molecule has 1 aromatic rings. The molecule has 1 N–H and O–H groups in total. The highest BCUT2D eigenvalue weighted by molar-refractivity contribution is 7.16. The molecular weight excluding hydrogens is 238 g/mol. The van der Waals surface area contributed by atoms with Crippen LogP contribution in [0.4, 0.5) is 0 Å². The zero-order valence-electron chi connectivity index (χ0n) is 9.84. The molecule has 0 radical (unpaired) electrons. The third-order valence-electron chi connectivity index (χ3n) is 3.58. The molecule has 2 atom stereocenters. The highest BCUT2D eigenvalue weighted by Crippen LogP contribution is 2.40. The van der Waals surface area contributed by atoms with Crippen LogP contribution >= 0.6 is 22.9 Å². The maximum Gasteiger partial charge on any atom is 0.0931 e. The van der Waals surface area contributed by atoms with Crippen LogP contribution < -0.4 is 5.32 Å². The van der Waals surface area contributed by atoms with Gasteiger partial charge in [-0.05, 0) is 50.4 Å². The van der Waals surface area contributed by atoms with Crippen molar-refractivity contribution in [3.8, 4) is 0 Å². The lowest BCUT2D eigenvalue weighted by Crippen LogP contribution is -2.23. The van der Waals surface area contributed by atoms with E-state index in [1.165, 1.54) is 37.0 Å². The molecule has 1 nitrogen and oxygen atoms in total. The molecule has 0 aliphatic heterocycles.